The molecule has 0 spiro atoms. The van der Waals surface area contributed by atoms with Gasteiger partial charge < -0.3 is 4.42 Å². The van der Waals surface area contributed by atoms with E-state index in [0.29, 0.717) is 18.2 Å². The second kappa shape index (κ2) is 7.13. The molecule has 5 rings (SSSR count). The number of rotatable bonds is 7. The van der Waals surface area contributed by atoms with Crippen molar-refractivity contribution in [3.8, 4) is 16.5 Å². The van der Waals surface area contributed by atoms with Crippen LogP contribution in [-0.4, -0.2) is 25.9 Å². The highest BCUT2D eigenvalue weighted by molar-refractivity contribution is 7.18. The Morgan fingerprint density at radius 1 is 1.28 bits per heavy atom. The summed E-state index contributed by atoms with van der Waals surface area (Å²) in [7, 11) is 0. The van der Waals surface area contributed by atoms with Gasteiger partial charge in [-0.15, -0.1) is 32.9 Å². The van der Waals surface area contributed by atoms with Crippen LogP contribution < -0.4 is 0 Å². The van der Waals surface area contributed by atoms with Gasteiger partial charge >= 0.3 is 0 Å². The molecule has 0 bridgehead atoms. The van der Waals surface area contributed by atoms with Crippen LogP contribution in [0.2, 0.25) is 0 Å². The van der Waals surface area contributed by atoms with Crippen LogP contribution in [0, 0.1) is 16.7 Å². The van der Waals surface area contributed by atoms with Crippen LogP contribution in [0.3, 0.4) is 0 Å². The van der Waals surface area contributed by atoms with Gasteiger partial charge in [-0.05, 0) is 30.5 Å². The second-order valence-corrected chi connectivity index (χ2v) is 9.21. The maximum Gasteiger partial charge on any atom is 0.223 e. The van der Waals surface area contributed by atoms with Crippen LogP contribution in [0.15, 0.2) is 34.3 Å². The minimum absolute atomic E-state index is 0.0326. The second-order valence-electron chi connectivity index (χ2n) is 7.21. The molecule has 1 saturated carbocycles. The van der Waals surface area contributed by atoms with Crippen LogP contribution in [0.25, 0.3) is 20.7 Å². The first-order chi connectivity index (χ1) is 14.1. The number of ketones is 1. The summed E-state index contributed by atoms with van der Waals surface area (Å²) in [5, 5.41) is 18.0. The maximum absolute atomic E-state index is 12.1. The molecular formula is C20H15N5O2S2. The molecule has 1 aliphatic carbocycles. The number of hydrogen-bond acceptors (Lipinski definition) is 9. The summed E-state index contributed by atoms with van der Waals surface area (Å²) in [6.07, 6.45) is 4.23. The number of benzene rings is 1. The van der Waals surface area contributed by atoms with E-state index in [-0.39, 0.29) is 18.6 Å². The Bertz CT molecular complexity index is 1230. The van der Waals surface area contributed by atoms with E-state index in [2.05, 4.69) is 32.3 Å². The third-order valence-corrected chi connectivity index (χ3v) is 6.78. The lowest BCUT2D eigenvalue weighted by Crippen LogP contribution is -2.10. The van der Waals surface area contributed by atoms with Gasteiger partial charge in [-0.25, -0.2) is 4.98 Å². The number of thiazole rings is 2. The zero-order valence-corrected chi connectivity index (χ0v) is 16.9. The highest BCUT2D eigenvalue weighted by atomic mass is 32.1. The monoisotopic (exact) mass is 421 g/mol. The number of aromatic nitrogens is 4. The van der Waals surface area contributed by atoms with Crippen molar-refractivity contribution in [2.24, 2.45) is 5.41 Å². The predicted molar refractivity (Wildman–Crippen MR) is 108 cm³/mol. The summed E-state index contributed by atoms with van der Waals surface area (Å²) in [6.45, 7) is 0. The van der Waals surface area contributed by atoms with Crippen LogP contribution in [-0.2, 0) is 17.6 Å². The number of fused-ring (bicyclic) bond motifs is 1. The normalized spacial score (nSPS) is 14.7. The fraction of sp³-hybridized carbons (Fsp3) is 0.300. The minimum Gasteiger partial charge on any atom is -0.424 e. The van der Waals surface area contributed by atoms with E-state index < -0.39 is 5.41 Å². The molecule has 1 aliphatic rings. The largest absolute Gasteiger partial charge is 0.424 e. The van der Waals surface area contributed by atoms with Gasteiger partial charge in [-0.1, -0.05) is 6.07 Å². The van der Waals surface area contributed by atoms with Crippen molar-refractivity contribution < 1.29 is 9.21 Å². The lowest BCUT2D eigenvalue weighted by molar-refractivity contribution is -0.119. The molecule has 0 amide bonds. The standard InChI is InChI=1S/C20H15N5O2S2/c21-10-20(3-4-20)8-13(26)6-17-24-25-18(27-17)7-19-23-14-2-1-12(5-15(14)29-19)16-9-22-11-28-16/h1-2,5,9,11H,3-4,6-8H2. The molecule has 3 aromatic heterocycles. The fourth-order valence-corrected chi connectivity index (χ4v) is 4.83. The molecule has 4 aromatic rings. The number of nitriles is 1. The minimum atomic E-state index is -0.445. The van der Waals surface area contributed by atoms with Crippen molar-refractivity contribution in [1.29, 1.82) is 5.26 Å². The third kappa shape index (κ3) is 3.81. The van der Waals surface area contributed by atoms with E-state index in [0.717, 1.165) is 38.5 Å². The molecule has 1 fully saturated rings. The van der Waals surface area contributed by atoms with Gasteiger partial charge in [0.25, 0.3) is 0 Å². The average Bonchev–Trinajstić information content (AvgIpc) is 3.13. The van der Waals surface area contributed by atoms with E-state index in [1.807, 2.05) is 23.8 Å². The zero-order valence-electron chi connectivity index (χ0n) is 15.3. The lowest BCUT2D eigenvalue weighted by Gasteiger charge is -2.01. The summed E-state index contributed by atoms with van der Waals surface area (Å²) in [6, 6.07) is 8.40. The van der Waals surface area contributed by atoms with Crippen LogP contribution in [0.4, 0.5) is 0 Å². The third-order valence-electron chi connectivity index (χ3n) is 4.94. The van der Waals surface area contributed by atoms with Gasteiger partial charge in [-0.3, -0.25) is 9.78 Å². The Balaban J connectivity index is 1.27. The summed E-state index contributed by atoms with van der Waals surface area (Å²) in [4.78, 5) is 22.0. The molecule has 0 atom stereocenters. The molecular weight excluding hydrogens is 406 g/mol. The van der Waals surface area contributed by atoms with Gasteiger partial charge in [0.15, 0.2) is 0 Å². The predicted octanol–water partition coefficient (Wildman–Crippen LogP) is 4.20. The van der Waals surface area contributed by atoms with Gasteiger partial charge in [0, 0.05) is 12.6 Å². The number of Topliss-reactive ketones (excluding diaryl/α,β-unsaturated/α-hetero) is 1. The SMILES string of the molecule is N#CC1(CC(=O)Cc2nnc(Cc3nc4ccc(-c5cncs5)cc4s3)o2)CC1. The molecule has 144 valence electrons. The number of carbonyl (C=O) groups is 1. The summed E-state index contributed by atoms with van der Waals surface area (Å²) in [5.74, 6) is 0.707. The number of nitrogens with zero attached hydrogens (tertiary/aromatic N) is 5. The van der Waals surface area contributed by atoms with Crippen molar-refractivity contribution in [1.82, 2.24) is 20.2 Å². The van der Waals surface area contributed by atoms with Gasteiger partial charge in [0.1, 0.15) is 10.8 Å². The van der Waals surface area contributed by atoms with Crippen LogP contribution in [0.1, 0.15) is 36.1 Å². The van der Waals surface area contributed by atoms with Crippen LogP contribution >= 0.6 is 22.7 Å². The van der Waals surface area contributed by atoms with Crippen molar-refractivity contribution in [2.45, 2.75) is 32.1 Å². The topological polar surface area (TPSA) is 106 Å². The van der Waals surface area contributed by atoms with E-state index >= 15 is 0 Å². The van der Waals surface area contributed by atoms with Crippen molar-refractivity contribution >= 4 is 38.7 Å². The highest BCUT2D eigenvalue weighted by Crippen LogP contribution is 2.48. The maximum atomic E-state index is 12.1. The Labute approximate surface area is 174 Å². The van der Waals surface area contributed by atoms with E-state index in [9.17, 15) is 4.79 Å². The van der Waals surface area contributed by atoms with E-state index in [1.165, 1.54) is 0 Å². The van der Waals surface area contributed by atoms with E-state index in [4.69, 9.17) is 9.68 Å². The molecule has 1 aromatic carbocycles. The molecule has 29 heavy (non-hydrogen) atoms. The lowest BCUT2D eigenvalue weighted by atomic mass is 10.00. The summed E-state index contributed by atoms with van der Waals surface area (Å²) < 4.78 is 6.73. The molecule has 9 heteroatoms. The Kier molecular flexibility index (Phi) is 4.45. The Morgan fingerprint density at radius 3 is 2.90 bits per heavy atom. The molecule has 0 aliphatic heterocycles. The first kappa shape index (κ1) is 18.1. The van der Waals surface area contributed by atoms with Crippen molar-refractivity contribution in [2.75, 3.05) is 0 Å². The summed E-state index contributed by atoms with van der Waals surface area (Å²) in [5.41, 5.74) is 3.43. The molecule has 0 N–H and O–H groups in total. The molecule has 7 nitrogen and oxygen atoms in total. The van der Waals surface area contributed by atoms with Crippen molar-refractivity contribution in [3.63, 3.8) is 0 Å². The number of carbonyl (C=O) groups excluding carboxylic acids is 1. The first-order valence-electron chi connectivity index (χ1n) is 9.15. The van der Waals surface area contributed by atoms with Gasteiger partial charge in [-0.2, -0.15) is 5.26 Å². The first-order valence-corrected chi connectivity index (χ1v) is 10.8. The summed E-state index contributed by atoms with van der Waals surface area (Å²) >= 11 is 3.19. The fourth-order valence-electron chi connectivity index (χ4n) is 3.21. The van der Waals surface area contributed by atoms with Crippen molar-refractivity contribution in [3.05, 3.63) is 46.7 Å². The molecule has 3 heterocycles. The van der Waals surface area contributed by atoms with E-state index in [1.54, 1.807) is 22.7 Å². The zero-order chi connectivity index (χ0) is 19.8. The average molecular weight is 422 g/mol. The molecule has 0 radical (unpaired) electrons. The van der Waals surface area contributed by atoms with Crippen LogP contribution in [0.5, 0.6) is 0 Å². The highest BCUT2D eigenvalue weighted by Gasteiger charge is 2.44. The van der Waals surface area contributed by atoms with Gasteiger partial charge in [0.2, 0.25) is 11.8 Å². The smallest absolute Gasteiger partial charge is 0.223 e. The molecule has 0 unspecified atom stereocenters. The number of hydrogen-bond donors (Lipinski definition) is 0. The Hall–Kier alpha value is -2.96. The van der Waals surface area contributed by atoms with Gasteiger partial charge in [0.05, 0.1) is 44.9 Å². The quantitative estimate of drug-likeness (QED) is 0.440. The Morgan fingerprint density at radius 2 is 2.14 bits per heavy atom. The molecule has 0 saturated heterocycles.